The Bertz CT molecular complexity index is 1420. The summed E-state index contributed by atoms with van der Waals surface area (Å²) < 4.78 is 20.8. The molecule has 0 bridgehead atoms. The highest BCUT2D eigenvalue weighted by atomic mass is 19.1. The fourth-order valence-corrected chi connectivity index (χ4v) is 6.69. The van der Waals surface area contributed by atoms with Gasteiger partial charge in [-0.3, -0.25) is 0 Å². The Hall–Kier alpha value is -3.64. The van der Waals surface area contributed by atoms with Gasteiger partial charge in [0.15, 0.2) is 11.6 Å². The molecule has 2 aromatic heterocycles. The van der Waals surface area contributed by atoms with Gasteiger partial charge in [0.25, 0.3) is 0 Å². The fourth-order valence-electron chi connectivity index (χ4n) is 6.69. The number of hydrogen-bond acceptors (Lipinski definition) is 8. The molecule has 1 N–H and O–H groups in total. The van der Waals surface area contributed by atoms with Crippen molar-refractivity contribution in [3.8, 4) is 28.7 Å². The molecule has 208 valence electrons. The van der Waals surface area contributed by atoms with Crippen molar-refractivity contribution < 1.29 is 9.13 Å². The van der Waals surface area contributed by atoms with Crippen LogP contribution in [0.25, 0.3) is 11.1 Å². The highest BCUT2D eigenvalue weighted by Gasteiger charge is 2.53. The molecule has 0 radical (unpaired) electrons. The molecular formula is C31H36FN7O. The van der Waals surface area contributed by atoms with Crippen molar-refractivity contribution in [1.29, 1.82) is 5.26 Å². The molecule has 9 heteroatoms. The van der Waals surface area contributed by atoms with Crippen LogP contribution in [-0.4, -0.2) is 45.1 Å². The lowest BCUT2D eigenvalue weighted by molar-refractivity contribution is 0.0368. The molecule has 1 saturated heterocycles. The van der Waals surface area contributed by atoms with Crippen LogP contribution in [0.2, 0.25) is 0 Å². The van der Waals surface area contributed by atoms with E-state index in [0.717, 1.165) is 68.7 Å². The Kier molecular flexibility index (Phi) is 6.91. The van der Waals surface area contributed by atoms with Crippen LogP contribution < -0.4 is 15.0 Å². The van der Waals surface area contributed by atoms with Crippen LogP contribution in [0, 0.1) is 28.0 Å². The third kappa shape index (κ3) is 5.13. The topological polar surface area (TPSA) is 99.8 Å². The van der Waals surface area contributed by atoms with E-state index < -0.39 is 0 Å². The van der Waals surface area contributed by atoms with E-state index in [1.165, 1.54) is 18.5 Å². The van der Waals surface area contributed by atoms with Crippen molar-refractivity contribution in [3.05, 3.63) is 54.8 Å². The molecule has 40 heavy (non-hydrogen) atoms. The number of aromatic nitrogens is 4. The number of benzene rings is 1. The van der Waals surface area contributed by atoms with E-state index in [1.807, 2.05) is 0 Å². The van der Waals surface area contributed by atoms with Crippen LogP contribution in [0.3, 0.4) is 0 Å². The van der Waals surface area contributed by atoms with Crippen molar-refractivity contribution in [3.63, 3.8) is 0 Å². The monoisotopic (exact) mass is 541 g/mol. The van der Waals surface area contributed by atoms with E-state index in [1.54, 1.807) is 24.8 Å². The molecule has 3 heterocycles. The van der Waals surface area contributed by atoms with Gasteiger partial charge < -0.3 is 15.0 Å². The second-order valence-corrected chi connectivity index (χ2v) is 12.5. The van der Waals surface area contributed by atoms with Gasteiger partial charge in [-0.15, -0.1) is 0 Å². The van der Waals surface area contributed by atoms with Crippen LogP contribution in [0.5, 0.6) is 11.5 Å². The maximum atomic E-state index is 14.4. The predicted octanol–water partition coefficient (Wildman–Crippen LogP) is 6.02. The molecule has 2 aliphatic carbocycles. The summed E-state index contributed by atoms with van der Waals surface area (Å²) in [7, 11) is 0. The number of anilines is 1. The third-order valence-electron chi connectivity index (χ3n) is 8.94. The first-order chi connectivity index (χ1) is 19.3. The zero-order valence-corrected chi connectivity index (χ0v) is 23.4. The van der Waals surface area contributed by atoms with E-state index in [4.69, 9.17) is 4.74 Å². The summed E-state index contributed by atoms with van der Waals surface area (Å²) in [5, 5.41) is 13.3. The third-order valence-corrected chi connectivity index (χ3v) is 8.94. The lowest BCUT2D eigenvalue weighted by Gasteiger charge is -2.60. The molecule has 2 saturated carbocycles. The summed E-state index contributed by atoms with van der Waals surface area (Å²) in [5.74, 6) is 1.60. The number of rotatable bonds is 7. The number of nitrogens with zero attached hydrogens (tertiary/aromatic N) is 6. The minimum Gasteiger partial charge on any atom is -0.451 e. The van der Waals surface area contributed by atoms with E-state index in [2.05, 4.69) is 57.0 Å². The Morgan fingerprint density at radius 1 is 1.02 bits per heavy atom. The highest BCUT2D eigenvalue weighted by molar-refractivity contribution is 5.73. The maximum Gasteiger partial charge on any atom is 0.188 e. The molecular weight excluding hydrogens is 505 g/mol. The molecule has 3 fully saturated rings. The van der Waals surface area contributed by atoms with E-state index in [0.29, 0.717) is 34.6 Å². The number of nitriles is 1. The second-order valence-electron chi connectivity index (χ2n) is 12.5. The summed E-state index contributed by atoms with van der Waals surface area (Å²) in [6.45, 7) is 8.04. The molecule has 3 aliphatic rings. The minimum absolute atomic E-state index is 0.138. The minimum atomic E-state index is -0.351. The maximum absolute atomic E-state index is 14.4. The van der Waals surface area contributed by atoms with Gasteiger partial charge in [-0.25, -0.2) is 24.3 Å². The largest absolute Gasteiger partial charge is 0.451 e. The number of hydrogen-bond donors (Lipinski definition) is 1. The Morgan fingerprint density at radius 2 is 1.75 bits per heavy atom. The second kappa shape index (κ2) is 10.4. The molecule has 0 atom stereocenters. The molecule has 3 aromatic rings. The Balaban J connectivity index is 1.12. The van der Waals surface area contributed by atoms with Crippen LogP contribution in [0.1, 0.15) is 70.9 Å². The predicted molar refractivity (Wildman–Crippen MR) is 150 cm³/mol. The lowest BCUT2D eigenvalue weighted by Crippen LogP contribution is -2.67. The van der Waals surface area contributed by atoms with Crippen molar-refractivity contribution in [2.45, 2.75) is 77.3 Å². The van der Waals surface area contributed by atoms with Crippen LogP contribution in [0.15, 0.2) is 43.2 Å². The van der Waals surface area contributed by atoms with Crippen LogP contribution >= 0.6 is 0 Å². The summed E-state index contributed by atoms with van der Waals surface area (Å²) in [5.41, 5.74) is 2.34. The molecule has 1 aliphatic heterocycles. The average Bonchev–Trinajstić information content (AvgIpc) is 2.92. The van der Waals surface area contributed by atoms with Gasteiger partial charge >= 0.3 is 0 Å². The van der Waals surface area contributed by atoms with Crippen molar-refractivity contribution in [2.75, 3.05) is 18.0 Å². The van der Waals surface area contributed by atoms with E-state index in [-0.39, 0.29) is 17.2 Å². The van der Waals surface area contributed by atoms with Crippen LogP contribution in [0.4, 0.5) is 10.2 Å². The van der Waals surface area contributed by atoms with E-state index in [9.17, 15) is 9.65 Å². The number of nitrogens with one attached hydrogen (secondary N) is 1. The summed E-state index contributed by atoms with van der Waals surface area (Å²) in [4.78, 5) is 19.7. The summed E-state index contributed by atoms with van der Waals surface area (Å²) in [6, 6.07) is 8.08. The molecule has 8 nitrogen and oxygen atoms in total. The summed E-state index contributed by atoms with van der Waals surface area (Å²) >= 11 is 0. The molecule has 6 rings (SSSR count). The zero-order chi connectivity index (χ0) is 27.9. The van der Waals surface area contributed by atoms with Crippen LogP contribution in [-0.2, 0) is 0 Å². The van der Waals surface area contributed by atoms with Crippen molar-refractivity contribution in [1.82, 2.24) is 25.3 Å². The SMILES string of the molecule is CC(C)c1ncncc1-c1cc(F)ccc1Oc1cncnc1N1CC2(CC(NC3CCC(C)(C#N)CC3)C2)C1. The van der Waals surface area contributed by atoms with Crippen molar-refractivity contribution in [2.24, 2.45) is 10.8 Å². The molecule has 0 amide bonds. The first-order valence-electron chi connectivity index (χ1n) is 14.3. The zero-order valence-electron chi connectivity index (χ0n) is 23.4. The number of halogens is 1. The molecule has 0 unspecified atom stereocenters. The number of ether oxygens (including phenoxy) is 1. The normalized spacial score (nSPS) is 23.9. The van der Waals surface area contributed by atoms with Gasteiger partial charge in [-0.05, 0) is 69.6 Å². The average molecular weight is 542 g/mol. The van der Waals surface area contributed by atoms with Crippen molar-refractivity contribution >= 4 is 5.82 Å². The Morgan fingerprint density at radius 3 is 2.48 bits per heavy atom. The lowest BCUT2D eigenvalue weighted by atomic mass is 9.60. The molecule has 1 aromatic carbocycles. The first-order valence-corrected chi connectivity index (χ1v) is 14.3. The Labute approximate surface area is 235 Å². The van der Waals surface area contributed by atoms with Gasteiger partial charge in [-0.1, -0.05) is 13.8 Å². The van der Waals surface area contributed by atoms with Gasteiger partial charge in [0.1, 0.15) is 24.2 Å². The fraction of sp³-hybridized carbons (Fsp3) is 0.516. The van der Waals surface area contributed by atoms with Gasteiger partial charge in [0.05, 0.1) is 23.4 Å². The van der Waals surface area contributed by atoms with Gasteiger partial charge in [-0.2, -0.15) is 5.26 Å². The molecule has 1 spiro atoms. The van der Waals surface area contributed by atoms with Gasteiger partial charge in [0, 0.05) is 47.9 Å². The quantitative estimate of drug-likeness (QED) is 0.388. The van der Waals surface area contributed by atoms with E-state index >= 15 is 0 Å². The van der Waals surface area contributed by atoms with Gasteiger partial charge in [0.2, 0.25) is 0 Å². The smallest absolute Gasteiger partial charge is 0.188 e. The summed E-state index contributed by atoms with van der Waals surface area (Å²) in [6.07, 6.45) is 12.9. The standard InChI is InChI=1S/C31H36FN7O/c1-20(2)28-25(13-34-18-36-28)24-10-21(32)4-5-26(24)40-27-14-35-19-37-29(27)39-16-31(17-39)11-23(12-31)38-22-6-8-30(3,15-33)9-7-22/h4-5,10,13-14,18-20,22-23,38H,6-9,11-12,16-17H2,1-3H3. The highest BCUT2D eigenvalue weighted by Crippen LogP contribution is 2.51. The first kappa shape index (κ1) is 26.6.